The molecule has 1 heterocycles. The zero-order valence-electron chi connectivity index (χ0n) is 8.12. The van der Waals surface area contributed by atoms with E-state index >= 15 is 0 Å². The van der Waals surface area contributed by atoms with Crippen molar-refractivity contribution in [1.29, 1.82) is 0 Å². The molecule has 14 heavy (non-hydrogen) atoms. The van der Waals surface area contributed by atoms with Gasteiger partial charge in [-0.3, -0.25) is 0 Å². The van der Waals surface area contributed by atoms with Gasteiger partial charge in [0.05, 0.1) is 18.0 Å². The third-order valence-electron chi connectivity index (χ3n) is 1.75. The van der Waals surface area contributed by atoms with Crippen molar-refractivity contribution in [1.82, 2.24) is 9.97 Å². The molecule has 0 aliphatic rings. The topological polar surface area (TPSA) is 73.1 Å². The highest BCUT2D eigenvalue weighted by molar-refractivity contribution is 6.28. The molecule has 6 heteroatoms. The van der Waals surface area contributed by atoms with Gasteiger partial charge in [-0.15, -0.1) is 0 Å². The fraction of sp³-hybridized carbons (Fsp3) is 0.500. The van der Waals surface area contributed by atoms with E-state index in [1.165, 1.54) is 6.20 Å². The van der Waals surface area contributed by atoms with Crippen molar-refractivity contribution in [3.8, 4) is 0 Å². The second kappa shape index (κ2) is 4.97. The van der Waals surface area contributed by atoms with Crippen LogP contribution in [0.2, 0.25) is 5.28 Å². The standard InChI is InChI=1S/C8H13ClN4O/c1-5(14-2)3-11-7-6(10)4-12-8(9)13-7/h4-5H,3,10H2,1-2H3,(H,11,12,13). The number of aromatic nitrogens is 2. The number of hydrogen-bond acceptors (Lipinski definition) is 5. The molecule has 0 aliphatic carbocycles. The van der Waals surface area contributed by atoms with Crippen LogP contribution in [-0.4, -0.2) is 29.7 Å². The van der Waals surface area contributed by atoms with Gasteiger partial charge in [-0.25, -0.2) is 4.98 Å². The molecule has 3 N–H and O–H groups in total. The lowest BCUT2D eigenvalue weighted by molar-refractivity contribution is 0.128. The Labute approximate surface area is 87.6 Å². The predicted octanol–water partition coefficient (Wildman–Crippen LogP) is 1.16. The lowest BCUT2D eigenvalue weighted by Crippen LogP contribution is -2.19. The van der Waals surface area contributed by atoms with Gasteiger partial charge in [0.15, 0.2) is 5.82 Å². The maximum Gasteiger partial charge on any atom is 0.224 e. The highest BCUT2D eigenvalue weighted by atomic mass is 35.5. The third kappa shape index (κ3) is 3.01. The number of nitrogens with zero attached hydrogens (tertiary/aromatic N) is 2. The molecule has 1 unspecified atom stereocenters. The SMILES string of the molecule is COC(C)CNc1nc(Cl)ncc1N. The largest absolute Gasteiger partial charge is 0.394 e. The van der Waals surface area contributed by atoms with Crippen LogP contribution in [0.3, 0.4) is 0 Å². The number of ether oxygens (including phenoxy) is 1. The maximum absolute atomic E-state index is 5.63. The molecule has 0 aromatic carbocycles. The van der Waals surface area contributed by atoms with Crippen LogP contribution in [0.1, 0.15) is 6.92 Å². The van der Waals surface area contributed by atoms with Crippen molar-refractivity contribution in [2.24, 2.45) is 0 Å². The van der Waals surface area contributed by atoms with Crippen LogP contribution in [0.15, 0.2) is 6.20 Å². The summed E-state index contributed by atoms with van der Waals surface area (Å²) in [7, 11) is 1.64. The lowest BCUT2D eigenvalue weighted by Gasteiger charge is -2.12. The van der Waals surface area contributed by atoms with E-state index in [-0.39, 0.29) is 11.4 Å². The molecule has 1 aromatic rings. The minimum Gasteiger partial charge on any atom is -0.394 e. The number of anilines is 2. The fourth-order valence-corrected chi connectivity index (χ4v) is 0.968. The smallest absolute Gasteiger partial charge is 0.224 e. The number of nitrogen functional groups attached to an aromatic ring is 1. The molecule has 0 bridgehead atoms. The Bertz CT molecular complexity index is 307. The molecule has 0 aliphatic heterocycles. The molecule has 0 amide bonds. The van der Waals surface area contributed by atoms with Gasteiger partial charge < -0.3 is 15.8 Å². The summed E-state index contributed by atoms with van der Waals surface area (Å²) >= 11 is 5.62. The Morgan fingerprint density at radius 1 is 1.71 bits per heavy atom. The van der Waals surface area contributed by atoms with E-state index in [2.05, 4.69) is 15.3 Å². The highest BCUT2D eigenvalue weighted by Crippen LogP contribution is 2.15. The summed E-state index contributed by atoms with van der Waals surface area (Å²) in [5.41, 5.74) is 6.10. The second-order valence-corrected chi connectivity index (χ2v) is 3.21. The number of methoxy groups -OCH3 is 1. The molecule has 1 aromatic heterocycles. The lowest BCUT2D eigenvalue weighted by atomic mass is 10.4. The molecule has 0 radical (unpaired) electrons. The first-order chi connectivity index (χ1) is 6.63. The van der Waals surface area contributed by atoms with E-state index in [0.29, 0.717) is 18.1 Å². The van der Waals surface area contributed by atoms with Crippen molar-refractivity contribution in [3.63, 3.8) is 0 Å². The fourth-order valence-electron chi connectivity index (χ4n) is 0.835. The first-order valence-electron chi connectivity index (χ1n) is 4.18. The van der Waals surface area contributed by atoms with Crippen LogP contribution in [0, 0.1) is 0 Å². The van der Waals surface area contributed by atoms with E-state index in [1.807, 2.05) is 6.92 Å². The van der Waals surface area contributed by atoms with Crippen LogP contribution in [0.4, 0.5) is 11.5 Å². The summed E-state index contributed by atoms with van der Waals surface area (Å²) in [4.78, 5) is 7.69. The van der Waals surface area contributed by atoms with Crippen LogP contribution < -0.4 is 11.1 Å². The molecule has 5 nitrogen and oxygen atoms in total. The normalized spacial score (nSPS) is 12.5. The van der Waals surface area contributed by atoms with Crippen LogP contribution in [0.25, 0.3) is 0 Å². The average Bonchev–Trinajstić information content (AvgIpc) is 2.19. The van der Waals surface area contributed by atoms with Crippen LogP contribution in [-0.2, 0) is 4.74 Å². The van der Waals surface area contributed by atoms with E-state index in [9.17, 15) is 0 Å². The molecular weight excluding hydrogens is 204 g/mol. The molecule has 1 rings (SSSR count). The number of rotatable bonds is 4. The van der Waals surface area contributed by atoms with Gasteiger partial charge in [-0.05, 0) is 18.5 Å². The van der Waals surface area contributed by atoms with E-state index in [4.69, 9.17) is 22.1 Å². The van der Waals surface area contributed by atoms with E-state index in [0.717, 1.165) is 0 Å². The zero-order valence-corrected chi connectivity index (χ0v) is 8.88. The zero-order chi connectivity index (χ0) is 10.6. The summed E-state index contributed by atoms with van der Waals surface area (Å²) in [6, 6.07) is 0. The Kier molecular flexibility index (Phi) is 3.91. The third-order valence-corrected chi connectivity index (χ3v) is 1.93. The van der Waals surface area contributed by atoms with Gasteiger partial charge in [0.1, 0.15) is 0 Å². The highest BCUT2D eigenvalue weighted by Gasteiger charge is 2.04. The molecule has 0 spiro atoms. The Morgan fingerprint density at radius 2 is 2.43 bits per heavy atom. The predicted molar refractivity (Wildman–Crippen MR) is 56.4 cm³/mol. The van der Waals surface area contributed by atoms with Gasteiger partial charge in [0, 0.05) is 13.7 Å². The minimum atomic E-state index is 0.0862. The number of hydrogen-bond donors (Lipinski definition) is 2. The molecule has 0 saturated carbocycles. The second-order valence-electron chi connectivity index (χ2n) is 2.87. The first kappa shape index (κ1) is 11.0. The van der Waals surface area contributed by atoms with E-state index < -0.39 is 0 Å². The summed E-state index contributed by atoms with van der Waals surface area (Å²) in [6.45, 7) is 2.56. The Balaban J connectivity index is 2.62. The summed E-state index contributed by atoms with van der Waals surface area (Å²) < 4.78 is 5.06. The number of halogens is 1. The van der Waals surface area contributed by atoms with Crippen molar-refractivity contribution in [3.05, 3.63) is 11.5 Å². The van der Waals surface area contributed by atoms with Gasteiger partial charge >= 0.3 is 0 Å². The first-order valence-corrected chi connectivity index (χ1v) is 4.56. The van der Waals surface area contributed by atoms with Gasteiger partial charge in [-0.1, -0.05) is 0 Å². The molecule has 1 atom stereocenters. The van der Waals surface area contributed by atoms with Crippen molar-refractivity contribution in [2.45, 2.75) is 13.0 Å². The van der Waals surface area contributed by atoms with Crippen molar-refractivity contribution >= 4 is 23.1 Å². The molecular formula is C8H13ClN4O. The molecule has 0 saturated heterocycles. The summed E-state index contributed by atoms with van der Waals surface area (Å²) in [5.74, 6) is 0.536. The summed E-state index contributed by atoms with van der Waals surface area (Å²) in [6.07, 6.45) is 1.55. The molecule has 0 fully saturated rings. The average molecular weight is 217 g/mol. The molecule has 78 valence electrons. The summed E-state index contributed by atoms with van der Waals surface area (Å²) in [5, 5.41) is 3.19. The minimum absolute atomic E-state index is 0.0862. The maximum atomic E-state index is 5.63. The Hall–Kier alpha value is -1.07. The number of nitrogens with two attached hydrogens (primary N) is 1. The van der Waals surface area contributed by atoms with Gasteiger partial charge in [0.2, 0.25) is 5.28 Å². The van der Waals surface area contributed by atoms with Gasteiger partial charge in [0.25, 0.3) is 0 Å². The van der Waals surface area contributed by atoms with Crippen molar-refractivity contribution < 1.29 is 4.74 Å². The monoisotopic (exact) mass is 216 g/mol. The van der Waals surface area contributed by atoms with Crippen molar-refractivity contribution in [2.75, 3.05) is 24.7 Å². The van der Waals surface area contributed by atoms with Crippen LogP contribution >= 0.6 is 11.6 Å². The van der Waals surface area contributed by atoms with Gasteiger partial charge in [-0.2, -0.15) is 4.98 Å². The van der Waals surface area contributed by atoms with Crippen LogP contribution in [0.5, 0.6) is 0 Å². The quantitative estimate of drug-likeness (QED) is 0.739. The Morgan fingerprint density at radius 3 is 3.07 bits per heavy atom. The number of nitrogens with one attached hydrogen (secondary N) is 1. The van der Waals surface area contributed by atoms with E-state index in [1.54, 1.807) is 7.11 Å².